The lowest BCUT2D eigenvalue weighted by molar-refractivity contribution is 0.0525. The average molecular weight is 287 g/mol. The van der Waals surface area contributed by atoms with Crippen LogP contribution in [-0.4, -0.2) is 22.5 Å². The van der Waals surface area contributed by atoms with Crippen LogP contribution in [0, 0.1) is 0 Å². The van der Waals surface area contributed by atoms with Gasteiger partial charge in [-0.3, -0.25) is 0 Å². The predicted molar refractivity (Wildman–Crippen MR) is 76.0 cm³/mol. The summed E-state index contributed by atoms with van der Waals surface area (Å²) in [5, 5.41) is 3.16. The van der Waals surface area contributed by atoms with E-state index in [1.165, 1.54) is 19.1 Å². The van der Waals surface area contributed by atoms with Gasteiger partial charge in [0.1, 0.15) is 17.8 Å². The monoisotopic (exact) mass is 287 g/mol. The first-order valence-electron chi connectivity index (χ1n) is 7.06. The highest BCUT2D eigenvalue weighted by Crippen LogP contribution is 2.37. The molecular formula is C15H17N3O3. The standard InChI is InChI=1S/C15H17N3O3/c1-2-20-15(19)11-5-13(21-9-11)8-16-12-6-17-14(18-7-12)10-3-4-10/h5-7,9-10,16H,2-4,8H2,1H3. The van der Waals surface area contributed by atoms with Crippen molar-refractivity contribution in [3.05, 3.63) is 41.9 Å². The third-order valence-electron chi connectivity index (χ3n) is 3.25. The quantitative estimate of drug-likeness (QED) is 0.823. The number of aromatic nitrogens is 2. The zero-order valence-corrected chi connectivity index (χ0v) is 11.8. The van der Waals surface area contributed by atoms with Crippen molar-refractivity contribution in [1.82, 2.24) is 9.97 Å². The van der Waals surface area contributed by atoms with Crippen molar-refractivity contribution >= 4 is 11.7 Å². The predicted octanol–water partition coefficient (Wildman–Crippen LogP) is 2.74. The molecule has 2 heterocycles. The van der Waals surface area contributed by atoms with Gasteiger partial charge in [-0.25, -0.2) is 14.8 Å². The van der Waals surface area contributed by atoms with E-state index in [0.29, 0.717) is 30.4 Å². The molecule has 6 nitrogen and oxygen atoms in total. The summed E-state index contributed by atoms with van der Waals surface area (Å²) < 4.78 is 10.2. The Labute approximate surface area is 122 Å². The minimum atomic E-state index is -0.371. The van der Waals surface area contributed by atoms with Crippen molar-refractivity contribution in [3.63, 3.8) is 0 Å². The van der Waals surface area contributed by atoms with Crippen molar-refractivity contribution in [3.8, 4) is 0 Å². The molecule has 2 aromatic rings. The summed E-state index contributed by atoms with van der Waals surface area (Å²) in [4.78, 5) is 20.2. The zero-order chi connectivity index (χ0) is 14.7. The maximum absolute atomic E-state index is 11.5. The molecular weight excluding hydrogens is 270 g/mol. The second-order valence-electron chi connectivity index (χ2n) is 4.98. The summed E-state index contributed by atoms with van der Waals surface area (Å²) >= 11 is 0. The molecule has 0 radical (unpaired) electrons. The molecule has 0 spiro atoms. The Hall–Kier alpha value is -2.37. The molecule has 0 aliphatic heterocycles. The molecule has 0 unspecified atom stereocenters. The number of carbonyl (C=O) groups excluding carboxylic acids is 1. The molecule has 0 bridgehead atoms. The van der Waals surface area contributed by atoms with Crippen LogP contribution in [0.5, 0.6) is 0 Å². The Morgan fingerprint density at radius 2 is 2.19 bits per heavy atom. The zero-order valence-electron chi connectivity index (χ0n) is 11.8. The maximum atomic E-state index is 11.5. The Kier molecular flexibility index (Phi) is 3.85. The maximum Gasteiger partial charge on any atom is 0.341 e. The smallest absolute Gasteiger partial charge is 0.341 e. The fraction of sp³-hybridized carbons (Fsp3) is 0.400. The fourth-order valence-corrected chi connectivity index (χ4v) is 1.97. The molecule has 0 saturated heterocycles. The highest BCUT2D eigenvalue weighted by molar-refractivity contribution is 5.89. The van der Waals surface area contributed by atoms with Crippen LogP contribution in [-0.2, 0) is 11.3 Å². The molecule has 0 aromatic carbocycles. The van der Waals surface area contributed by atoms with Gasteiger partial charge in [-0.2, -0.15) is 0 Å². The number of esters is 1. The van der Waals surface area contributed by atoms with Gasteiger partial charge in [0.25, 0.3) is 0 Å². The van der Waals surface area contributed by atoms with E-state index in [-0.39, 0.29) is 5.97 Å². The number of ether oxygens (including phenoxy) is 1. The van der Waals surface area contributed by atoms with Gasteiger partial charge in [-0.05, 0) is 25.8 Å². The van der Waals surface area contributed by atoms with Crippen LogP contribution in [0.1, 0.15) is 47.6 Å². The van der Waals surface area contributed by atoms with Gasteiger partial charge in [0.05, 0.1) is 36.8 Å². The highest BCUT2D eigenvalue weighted by atomic mass is 16.5. The Bertz CT molecular complexity index is 617. The summed E-state index contributed by atoms with van der Waals surface area (Å²) in [6.45, 7) is 2.58. The molecule has 0 atom stereocenters. The van der Waals surface area contributed by atoms with Crippen molar-refractivity contribution in [2.45, 2.75) is 32.2 Å². The molecule has 6 heteroatoms. The Morgan fingerprint density at radius 1 is 1.43 bits per heavy atom. The van der Waals surface area contributed by atoms with Crippen molar-refractivity contribution in [2.75, 3.05) is 11.9 Å². The minimum Gasteiger partial charge on any atom is -0.467 e. The van der Waals surface area contributed by atoms with Gasteiger partial charge in [0.2, 0.25) is 0 Å². The normalized spacial score (nSPS) is 14.0. The van der Waals surface area contributed by atoms with Crippen molar-refractivity contribution in [1.29, 1.82) is 0 Å². The lowest BCUT2D eigenvalue weighted by Crippen LogP contribution is -2.03. The SMILES string of the molecule is CCOC(=O)c1coc(CNc2cnc(C3CC3)nc2)c1. The second kappa shape index (κ2) is 5.95. The third kappa shape index (κ3) is 3.39. The molecule has 1 N–H and O–H groups in total. The van der Waals surface area contributed by atoms with E-state index in [4.69, 9.17) is 9.15 Å². The number of anilines is 1. The lowest BCUT2D eigenvalue weighted by atomic mass is 10.3. The third-order valence-corrected chi connectivity index (χ3v) is 3.25. The van der Waals surface area contributed by atoms with E-state index in [9.17, 15) is 4.79 Å². The number of hydrogen-bond donors (Lipinski definition) is 1. The van der Waals surface area contributed by atoms with E-state index in [1.54, 1.807) is 25.4 Å². The average Bonchev–Trinajstić information content (AvgIpc) is 3.24. The van der Waals surface area contributed by atoms with Crippen molar-refractivity contribution in [2.24, 2.45) is 0 Å². The minimum absolute atomic E-state index is 0.349. The number of nitrogens with zero attached hydrogens (tertiary/aromatic N) is 2. The van der Waals surface area contributed by atoms with Gasteiger partial charge < -0.3 is 14.5 Å². The Morgan fingerprint density at radius 3 is 2.86 bits per heavy atom. The van der Waals surface area contributed by atoms with Gasteiger partial charge in [-0.1, -0.05) is 0 Å². The van der Waals surface area contributed by atoms with Crippen LogP contribution in [0.15, 0.2) is 29.1 Å². The first kappa shape index (κ1) is 13.6. The van der Waals surface area contributed by atoms with Crippen LogP contribution in [0.2, 0.25) is 0 Å². The van der Waals surface area contributed by atoms with Gasteiger partial charge in [0, 0.05) is 5.92 Å². The van der Waals surface area contributed by atoms with E-state index in [0.717, 1.165) is 11.5 Å². The highest BCUT2D eigenvalue weighted by Gasteiger charge is 2.26. The number of nitrogens with one attached hydrogen (secondary N) is 1. The molecule has 21 heavy (non-hydrogen) atoms. The number of rotatable bonds is 6. The van der Waals surface area contributed by atoms with Crippen LogP contribution >= 0.6 is 0 Å². The summed E-state index contributed by atoms with van der Waals surface area (Å²) in [5.41, 5.74) is 1.25. The van der Waals surface area contributed by atoms with E-state index in [2.05, 4.69) is 15.3 Å². The molecule has 1 fully saturated rings. The summed E-state index contributed by atoms with van der Waals surface area (Å²) in [6.07, 6.45) is 7.33. The van der Waals surface area contributed by atoms with Crippen LogP contribution in [0.25, 0.3) is 0 Å². The number of carbonyl (C=O) groups is 1. The van der Waals surface area contributed by atoms with Gasteiger partial charge in [-0.15, -0.1) is 0 Å². The molecule has 3 rings (SSSR count). The second-order valence-corrected chi connectivity index (χ2v) is 4.98. The molecule has 1 aliphatic carbocycles. The van der Waals surface area contributed by atoms with E-state index >= 15 is 0 Å². The Balaban J connectivity index is 1.55. The molecule has 2 aromatic heterocycles. The lowest BCUT2D eigenvalue weighted by Gasteiger charge is -2.04. The first-order chi connectivity index (χ1) is 10.3. The van der Waals surface area contributed by atoms with Crippen LogP contribution in [0.4, 0.5) is 5.69 Å². The summed E-state index contributed by atoms with van der Waals surface area (Å²) in [6, 6.07) is 1.67. The van der Waals surface area contributed by atoms with E-state index < -0.39 is 0 Å². The van der Waals surface area contributed by atoms with Crippen LogP contribution < -0.4 is 5.32 Å². The molecule has 1 saturated carbocycles. The largest absolute Gasteiger partial charge is 0.467 e. The first-order valence-corrected chi connectivity index (χ1v) is 7.06. The molecule has 1 aliphatic rings. The molecule has 110 valence electrons. The summed E-state index contributed by atoms with van der Waals surface area (Å²) in [5.74, 6) is 1.76. The topological polar surface area (TPSA) is 77.2 Å². The van der Waals surface area contributed by atoms with Gasteiger partial charge >= 0.3 is 5.97 Å². The number of furan rings is 1. The summed E-state index contributed by atoms with van der Waals surface area (Å²) in [7, 11) is 0. The van der Waals surface area contributed by atoms with Gasteiger partial charge in [0.15, 0.2) is 0 Å². The van der Waals surface area contributed by atoms with E-state index in [1.807, 2.05) is 0 Å². The van der Waals surface area contributed by atoms with Crippen molar-refractivity contribution < 1.29 is 13.9 Å². The van der Waals surface area contributed by atoms with Crippen LogP contribution in [0.3, 0.4) is 0 Å². The fourth-order valence-electron chi connectivity index (χ4n) is 1.97. The number of hydrogen-bond acceptors (Lipinski definition) is 6. The molecule has 0 amide bonds.